The van der Waals surface area contributed by atoms with Gasteiger partial charge in [-0.1, -0.05) is 12.1 Å². The van der Waals surface area contributed by atoms with Crippen LogP contribution in [-0.4, -0.2) is 39.4 Å². The summed E-state index contributed by atoms with van der Waals surface area (Å²) < 4.78 is 5.24. The summed E-state index contributed by atoms with van der Waals surface area (Å²) in [5.74, 6) is 0. The van der Waals surface area contributed by atoms with Crippen LogP contribution in [0.4, 0.5) is 5.69 Å². The van der Waals surface area contributed by atoms with Gasteiger partial charge in [0.1, 0.15) is 6.07 Å². The summed E-state index contributed by atoms with van der Waals surface area (Å²) in [6, 6.07) is 10.3. The lowest BCUT2D eigenvalue weighted by Crippen LogP contribution is -2.53. The van der Waals surface area contributed by atoms with Crippen molar-refractivity contribution in [3.05, 3.63) is 29.8 Å². The monoisotopic (exact) mass is 231 g/mol. The number of hydrogen-bond acceptors (Lipinski definition) is 4. The summed E-state index contributed by atoms with van der Waals surface area (Å²) in [6.45, 7) is 3.42. The normalized spacial score (nSPS) is 20.0. The van der Waals surface area contributed by atoms with Crippen molar-refractivity contribution in [3.8, 4) is 6.07 Å². The lowest BCUT2D eigenvalue weighted by Gasteiger charge is -2.38. The van der Waals surface area contributed by atoms with Gasteiger partial charge in [-0.2, -0.15) is 5.26 Å². The van der Waals surface area contributed by atoms with Crippen LogP contribution in [-0.2, 0) is 4.74 Å². The van der Waals surface area contributed by atoms with Crippen LogP contribution in [0.15, 0.2) is 24.3 Å². The van der Waals surface area contributed by atoms with E-state index >= 15 is 0 Å². The minimum Gasteiger partial charge on any atom is -0.383 e. The summed E-state index contributed by atoms with van der Waals surface area (Å²) in [4.78, 5) is 2.26. The molecule has 17 heavy (non-hydrogen) atoms. The van der Waals surface area contributed by atoms with Crippen molar-refractivity contribution in [1.29, 1.82) is 5.26 Å². The molecule has 0 saturated carbocycles. The van der Waals surface area contributed by atoms with Gasteiger partial charge in [-0.15, -0.1) is 0 Å². The van der Waals surface area contributed by atoms with E-state index in [1.165, 1.54) is 0 Å². The van der Waals surface area contributed by atoms with Gasteiger partial charge in [0.05, 0.1) is 23.9 Å². The number of nitrogens with one attached hydrogen (secondary N) is 1. The summed E-state index contributed by atoms with van der Waals surface area (Å²) in [7, 11) is 1.71. The van der Waals surface area contributed by atoms with Gasteiger partial charge in [-0.05, 0) is 12.1 Å². The third-order valence-corrected chi connectivity index (χ3v) is 3.04. The smallest absolute Gasteiger partial charge is 0.101 e. The van der Waals surface area contributed by atoms with Crippen LogP contribution in [0.1, 0.15) is 5.56 Å². The summed E-state index contributed by atoms with van der Waals surface area (Å²) in [5.41, 5.74) is 1.74. The van der Waals surface area contributed by atoms with E-state index in [0.29, 0.717) is 12.6 Å². The van der Waals surface area contributed by atoms with E-state index in [4.69, 9.17) is 10.00 Å². The first-order chi connectivity index (χ1) is 8.36. The molecule has 1 heterocycles. The fourth-order valence-corrected chi connectivity index (χ4v) is 2.24. The highest BCUT2D eigenvalue weighted by Gasteiger charge is 2.23. The number of nitriles is 1. The zero-order chi connectivity index (χ0) is 12.1. The maximum absolute atomic E-state index is 9.14. The van der Waals surface area contributed by atoms with Crippen molar-refractivity contribution in [2.45, 2.75) is 6.04 Å². The van der Waals surface area contributed by atoms with Crippen LogP contribution in [0.3, 0.4) is 0 Å². The molecule has 4 heteroatoms. The van der Waals surface area contributed by atoms with Gasteiger partial charge in [0.25, 0.3) is 0 Å². The molecule has 2 rings (SSSR count). The van der Waals surface area contributed by atoms with Gasteiger partial charge in [0, 0.05) is 26.7 Å². The summed E-state index contributed by atoms with van der Waals surface area (Å²) >= 11 is 0. The molecule has 1 aliphatic rings. The Bertz CT molecular complexity index is 411. The van der Waals surface area contributed by atoms with Crippen molar-refractivity contribution in [1.82, 2.24) is 5.32 Å². The lowest BCUT2D eigenvalue weighted by molar-refractivity contribution is 0.170. The number of para-hydroxylation sites is 1. The zero-order valence-electron chi connectivity index (χ0n) is 10.0. The molecular weight excluding hydrogens is 214 g/mol. The number of hydrogen-bond donors (Lipinski definition) is 1. The second-order valence-electron chi connectivity index (χ2n) is 4.14. The Hall–Kier alpha value is -1.57. The molecule has 1 unspecified atom stereocenters. The van der Waals surface area contributed by atoms with E-state index in [1.807, 2.05) is 24.3 Å². The van der Waals surface area contributed by atoms with Gasteiger partial charge >= 0.3 is 0 Å². The molecule has 90 valence electrons. The van der Waals surface area contributed by atoms with Crippen molar-refractivity contribution in [2.24, 2.45) is 0 Å². The topological polar surface area (TPSA) is 48.3 Å². The van der Waals surface area contributed by atoms with Crippen molar-refractivity contribution in [2.75, 3.05) is 38.3 Å². The number of nitrogens with zero attached hydrogens (tertiary/aromatic N) is 2. The molecule has 1 aromatic carbocycles. The number of piperazine rings is 1. The van der Waals surface area contributed by atoms with Crippen molar-refractivity contribution in [3.63, 3.8) is 0 Å². The average Bonchev–Trinajstić information content (AvgIpc) is 2.40. The average molecular weight is 231 g/mol. The van der Waals surface area contributed by atoms with Crippen molar-refractivity contribution < 1.29 is 4.74 Å². The van der Waals surface area contributed by atoms with Crippen LogP contribution in [0, 0.1) is 11.3 Å². The predicted molar refractivity (Wildman–Crippen MR) is 67.0 cm³/mol. The molecule has 0 bridgehead atoms. The fraction of sp³-hybridized carbons (Fsp3) is 0.462. The van der Waals surface area contributed by atoms with Crippen LogP contribution >= 0.6 is 0 Å². The number of ether oxygens (including phenoxy) is 1. The number of methoxy groups -OCH3 is 1. The van der Waals surface area contributed by atoms with E-state index in [9.17, 15) is 0 Å². The SMILES string of the molecule is COCC1CNCCN1c1ccccc1C#N. The molecule has 0 amide bonds. The highest BCUT2D eigenvalue weighted by molar-refractivity contribution is 5.60. The molecule has 0 spiro atoms. The Morgan fingerprint density at radius 2 is 2.35 bits per heavy atom. The quantitative estimate of drug-likeness (QED) is 0.842. The Labute approximate surface area is 102 Å². The predicted octanol–water partition coefficient (Wildman–Crippen LogP) is 0.983. The maximum atomic E-state index is 9.14. The van der Waals surface area contributed by atoms with Gasteiger partial charge in [0.15, 0.2) is 0 Å². The Kier molecular flexibility index (Phi) is 3.97. The van der Waals surface area contributed by atoms with Gasteiger partial charge < -0.3 is 15.0 Å². The van der Waals surface area contributed by atoms with E-state index in [-0.39, 0.29) is 0 Å². The van der Waals surface area contributed by atoms with E-state index < -0.39 is 0 Å². The molecule has 1 aromatic rings. The zero-order valence-corrected chi connectivity index (χ0v) is 10.0. The second-order valence-corrected chi connectivity index (χ2v) is 4.14. The van der Waals surface area contributed by atoms with Gasteiger partial charge in [-0.3, -0.25) is 0 Å². The molecule has 1 fully saturated rings. The molecule has 0 aromatic heterocycles. The Balaban J connectivity index is 2.26. The molecule has 1 atom stereocenters. The van der Waals surface area contributed by atoms with Gasteiger partial charge in [-0.25, -0.2) is 0 Å². The molecule has 1 N–H and O–H groups in total. The Morgan fingerprint density at radius 1 is 1.53 bits per heavy atom. The molecule has 0 aliphatic carbocycles. The minimum atomic E-state index is 0.295. The largest absolute Gasteiger partial charge is 0.383 e. The fourth-order valence-electron chi connectivity index (χ4n) is 2.24. The second kappa shape index (κ2) is 5.67. The first-order valence-corrected chi connectivity index (χ1v) is 5.82. The van der Waals surface area contributed by atoms with Crippen LogP contribution in [0.25, 0.3) is 0 Å². The van der Waals surface area contributed by atoms with Gasteiger partial charge in [0.2, 0.25) is 0 Å². The molecule has 4 nitrogen and oxygen atoms in total. The maximum Gasteiger partial charge on any atom is 0.101 e. The molecule has 1 saturated heterocycles. The van der Waals surface area contributed by atoms with E-state index in [1.54, 1.807) is 7.11 Å². The Morgan fingerprint density at radius 3 is 3.12 bits per heavy atom. The molecular formula is C13H17N3O. The lowest BCUT2D eigenvalue weighted by atomic mass is 10.1. The highest BCUT2D eigenvalue weighted by atomic mass is 16.5. The first-order valence-electron chi connectivity index (χ1n) is 5.82. The van der Waals surface area contributed by atoms with Crippen LogP contribution in [0.5, 0.6) is 0 Å². The number of rotatable bonds is 3. The number of anilines is 1. The molecule has 0 radical (unpaired) electrons. The summed E-state index contributed by atoms with van der Waals surface area (Å²) in [6.07, 6.45) is 0. The van der Waals surface area contributed by atoms with Crippen LogP contribution in [0.2, 0.25) is 0 Å². The van der Waals surface area contributed by atoms with Crippen LogP contribution < -0.4 is 10.2 Å². The minimum absolute atomic E-state index is 0.295. The third-order valence-electron chi connectivity index (χ3n) is 3.04. The molecule has 1 aliphatic heterocycles. The summed E-state index contributed by atoms with van der Waals surface area (Å²) in [5, 5.41) is 12.5. The number of benzene rings is 1. The van der Waals surface area contributed by atoms with E-state index in [2.05, 4.69) is 16.3 Å². The third kappa shape index (κ3) is 2.57. The highest BCUT2D eigenvalue weighted by Crippen LogP contribution is 2.22. The standard InChI is InChI=1S/C13H17N3O/c1-17-10-12-9-15-6-7-16(12)13-5-3-2-4-11(13)8-14/h2-5,12,15H,6-7,9-10H2,1H3. The van der Waals surface area contributed by atoms with E-state index in [0.717, 1.165) is 30.9 Å². The van der Waals surface area contributed by atoms with Crippen molar-refractivity contribution >= 4 is 5.69 Å². The first kappa shape index (κ1) is 11.9.